The molecule has 33 heavy (non-hydrogen) atoms. The molecule has 3 rings (SSSR count). The van der Waals surface area contributed by atoms with Crippen molar-refractivity contribution >= 4 is 38.7 Å². The van der Waals surface area contributed by atoms with E-state index in [1.54, 1.807) is 13.8 Å². The van der Waals surface area contributed by atoms with Gasteiger partial charge in [0.1, 0.15) is 16.3 Å². The second-order valence-electron chi connectivity index (χ2n) is 8.12. The number of anilines is 3. The third kappa shape index (κ3) is 4.75. The van der Waals surface area contributed by atoms with E-state index in [0.29, 0.717) is 6.42 Å². The van der Waals surface area contributed by atoms with Crippen LogP contribution in [0.5, 0.6) is 5.75 Å². The minimum Gasteiger partial charge on any atom is -0.504 e. The zero-order valence-electron chi connectivity index (χ0n) is 19.1. The quantitative estimate of drug-likeness (QED) is 0.336. The molecule has 1 unspecified atom stereocenters. The fourth-order valence-corrected chi connectivity index (χ4v) is 6.19. The molecule has 11 heteroatoms. The molecule has 2 aromatic rings. The number of rotatable bonds is 10. The van der Waals surface area contributed by atoms with Crippen LogP contribution in [0.3, 0.4) is 0 Å². The molecule has 0 saturated carbocycles. The van der Waals surface area contributed by atoms with E-state index in [4.69, 9.17) is 16.3 Å². The maximum atomic E-state index is 13.0. The number of ether oxygens (including phenoxy) is 1. The molecule has 1 heterocycles. The molecule has 2 aromatic carbocycles. The number of nitrogens with zero attached hydrogens (tertiary/aromatic N) is 1. The molecule has 0 radical (unpaired) electrons. The molecule has 182 valence electrons. The number of nitrogens with one attached hydrogen (secondary N) is 2. The number of hydrogen-bond acceptors (Lipinski definition) is 8. The molecule has 1 aliphatic rings. The molecule has 0 aliphatic carbocycles. The van der Waals surface area contributed by atoms with Gasteiger partial charge in [-0.2, -0.15) is 4.31 Å². The van der Waals surface area contributed by atoms with Crippen LogP contribution in [0.15, 0.2) is 26.6 Å². The number of benzene rings is 1. The van der Waals surface area contributed by atoms with Gasteiger partial charge in [0, 0.05) is 13.1 Å². The molecular weight excluding hydrogens is 470 g/mol. The molecule has 0 amide bonds. The summed E-state index contributed by atoms with van der Waals surface area (Å²) in [6.07, 6.45) is 2.48. The Morgan fingerprint density at radius 2 is 1.79 bits per heavy atom. The van der Waals surface area contributed by atoms with Gasteiger partial charge in [-0.1, -0.05) is 32.4 Å². The Balaban J connectivity index is 1.93. The summed E-state index contributed by atoms with van der Waals surface area (Å²) in [6.45, 7) is 7.68. The summed E-state index contributed by atoms with van der Waals surface area (Å²) in [4.78, 5) is 24.1. The van der Waals surface area contributed by atoms with Crippen LogP contribution in [0, 0.1) is 0 Å². The van der Waals surface area contributed by atoms with Crippen molar-refractivity contribution in [2.75, 3.05) is 23.7 Å². The Morgan fingerprint density at radius 3 is 2.33 bits per heavy atom. The predicted octanol–water partition coefficient (Wildman–Crippen LogP) is 3.17. The fourth-order valence-electron chi connectivity index (χ4n) is 4.14. The van der Waals surface area contributed by atoms with E-state index in [1.807, 2.05) is 13.8 Å². The Morgan fingerprint density at radius 1 is 1.15 bits per heavy atom. The fraction of sp³-hybridized carbons (Fsp3) is 0.545. The summed E-state index contributed by atoms with van der Waals surface area (Å²) >= 11 is 6.13. The Bertz CT molecular complexity index is 1190. The van der Waals surface area contributed by atoms with E-state index in [2.05, 4.69) is 10.6 Å². The van der Waals surface area contributed by atoms with Crippen LogP contribution in [0.1, 0.15) is 47.0 Å². The van der Waals surface area contributed by atoms with E-state index in [0.717, 1.165) is 17.1 Å². The van der Waals surface area contributed by atoms with Crippen molar-refractivity contribution < 1.29 is 18.3 Å². The Hall–Kier alpha value is -2.14. The molecule has 0 aromatic heterocycles. The summed E-state index contributed by atoms with van der Waals surface area (Å²) < 4.78 is 33.0. The van der Waals surface area contributed by atoms with Crippen LogP contribution in [-0.4, -0.2) is 49.2 Å². The smallest absolute Gasteiger partial charge is 0.253 e. The molecule has 0 spiro atoms. The molecule has 9 nitrogen and oxygen atoms in total. The molecular formula is C22H30ClN3O6S. The second kappa shape index (κ2) is 10.0. The van der Waals surface area contributed by atoms with E-state index in [-0.39, 0.29) is 53.4 Å². The first kappa shape index (κ1) is 25.5. The van der Waals surface area contributed by atoms with E-state index in [9.17, 15) is 23.1 Å². The molecule has 1 saturated heterocycles. The maximum absolute atomic E-state index is 13.0. The first-order valence-electron chi connectivity index (χ1n) is 11.1. The lowest BCUT2D eigenvalue weighted by Crippen LogP contribution is -2.42. The van der Waals surface area contributed by atoms with Gasteiger partial charge in [0.05, 0.1) is 29.0 Å². The predicted molar refractivity (Wildman–Crippen MR) is 129 cm³/mol. The highest BCUT2D eigenvalue weighted by atomic mass is 35.5. The highest BCUT2D eigenvalue weighted by molar-refractivity contribution is 7.89. The number of hydrogen-bond donors (Lipinski definition) is 3. The molecule has 0 bridgehead atoms. The summed E-state index contributed by atoms with van der Waals surface area (Å²) in [6, 6.07) is 2.51. The Kier molecular flexibility index (Phi) is 7.73. The molecule has 1 fully saturated rings. The lowest BCUT2D eigenvalue weighted by Gasteiger charge is -2.26. The summed E-state index contributed by atoms with van der Waals surface area (Å²) in [5.41, 5.74) is -1.41. The first-order chi connectivity index (χ1) is 15.6. The second-order valence-corrected chi connectivity index (χ2v) is 10.4. The largest absolute Gasteiger partial charge is 0.504 e. The van der Waals surface area contributed by atoms with Crippen molar-refractivity contribution in [2.45, 2.75) is 70.1 Å². The summed E-state index contributed by atoms with van der Waals surface area (Å²) in [5, 5.41) is 16.5. The molecule has 3 atom stereocenters. The highest BCUT2D eigenvalue weighted by Crippen LogP contribution is 2.40. The van der Waals surface area contributed by atoms with Gasteiger partial charge in [0.2, 0.25) is 10.0 Å². The zero-order chi connectivity index (χ0) is 24.5. The van der Waals surface area contributed by atoms with Crippen molar-refractivity contribution in [1.29, 1.82) is 0 Å². The van der Waals surface area contributed by atoms with Gasteiger partial charge < -0.3 is 20.5 Å². The van der Waals surface area contributed by atoms with Crippen molar-refractivity contribution in [2.24, 2.45) is 0 Å². The van der Waals surface area contributed by atoms with Gasteiger partial charge in [0.25, 0.3) is 10.9 Å². The highest BCUT2D eigenvalue weighted by Gasteiger charge is 2.33. The first-order valence-corrected chi connectivity index (χ1v) is 12.9. The maximum Gasteiger partial charge on any atom is 0.253 e. The van der Waals surface area contributed by atoms with Crippen molar-refractivity contribution in [3.63, 3.8) is 0 Å². The van der Waals surface area contributed by atoms with Gasteiger partial charge in [-0.05, 0) is 38.3 Å². The van der Waals surface area contributed by atoms with E-state index in [1.165, 1.54) is 12.1 Å². The summed E-state index contributed by atoms with van der Waals surface area (Å²) in [7, 11) is -4.08. The van der Waals surface area contributed by atoms with Crippen LogP contribution in [0.4, 0.5) is 17.1 Å². The van der Waals surface area contributed by atoms with E-state index >= 15 is 0 Å². The lowest BCUT2D eigenvalue weighted by molar-refractivity contribution is 0.0438. The van der Waals surface area contributed by atoms with Gasteiger partial charge in [-0.25, -0.2) is 8.42 Å². The number of halogens is 1. The van der Waals surface area contributed by atoms with Crippen LogP contribution >= 0.6 is 11.6 Å². The van der Waals surface area contributed by atoms with Crippen LogP contribution in [0.2, 0.25) is 5.02 Å². The number of phenolic OH excluding ortho intramolecular Hbond substituents is 1. The monoisotopic (exact) mass is 499 g/mol. The minimum absolute atomic E-state index is 0.0340. The minimum atomic E-state index is -4.08. The van der Waals surface area contributed by atoms with Gasteiger partial charge in [-0.3, -0.25) is 9.59 Å². The van der Waals surface area contributed by atoms with Crippen molar-refractivity contribution in [3.05, 3.63) is 37.6 Å². The number of aromatic hydroxyl groups is 1. The number of sulfonamides is 1. The summed E-state index contributed by atoms with van der Waals surface area (Å²) in [5.74, 6) is -0.617. The third-order valence-electron chi connectivity index (χ3n) is 6.04. The number of phenols is 1. The molecule has 3 N–H and O–H groups in total. The van der Waals surface area contributed by atoms with Crippen LogP contribution in [0.25, 0.3) is 0 Å². The third-order valence-corrected chi connectivity index (χ3v) is 8.59. The lowest BCUT2D eigenvalue weighted by atomic mass is 10.0. The van der Waals surface area contributed by atoms with Crippen LogP contribution in [-0.2, 0) is 14.8 Å². The standard InChI is InChI=1S/C22H30ClN3O6S/c1-5-14(16-11-8-12(4)32-16)24-17-18(21(29)20(17)28)25-15-10-9-13(23)22(19(15)27)33(30,31)26(6-2)7-3/h9-10,12,14,16,24-25,27H,5-8,11H2,1-4H3/t12-,14?,16-/m1/s1. The average molecular weight is 500 g/mol. The average Bonchev–Trinajstić information content (AvgIpc) is 3.20. The van der Waals surface area contributed by atoms with Gasteiger partial charge in [-0.15, -0.1) is 0 Å². The zero-order valence-corrected chi connectivity index (χ0v) is 20.7. The van der Waals surface area contributed by atoms with Crippen molar-refractivity contribution in [3.8, 4) is 5.75 Å². The molecule has 1 aliphatic heterocycles. The van der Waals surface area contributed by atoms with Crippen LogP contribution < -0.4 is 21.5 Å². The normalized spacial score (nSPS) is 19.8. The topological polar surface area (TPSA) is 125 Å². The van der Waals surface area contributed by atoms with Crippen molar-refractivity contribution in [1.82, 2.24) is 4.31 Å². The van der Waals surface area contributed by atoms with E-state index < -0.39 is 31.5 Å². The Labute approximate surface area is 198 Å². The van der Waals surface area contributed by atoms with Gasteiger partial charge >= 0.3 is 0 Å². The SMILES string of the molecule is CCC(Nc1c(Nc2ccc(Cl)c(S(=O)(=O)N(CC)CC)c2O)c(=O)c1=O)[C@H]1CC[C@@H](C)O1. The van der Waals surface area contributed by atoms with Gasteiger partial charge in [0.15, 0.2) is 5.75 Å².